The molecule has 0 spiro atoms. The molecule has 2 heterocycles. The predicted molar refractivity (Wildman–Crippen MR) is 235 cm³/mol. The Hall–Kier alpha value is -3.28. The van der Waals surface area contributed by atoms with Gasteiger partial charge in [0.05, 0.1) is 42.4 Å². The maximum Gasteiger partial charge on any atom is 0.262 e. The number of rotatable bonds is 30. The molecule has 0 aromatic heterocycles. The van der Waals surface area contributed by atoms with E-state index in [2.05, 4.69) is 26.6 Å². The first kappa shape index (κ1) is 59.7. The molecule has 1 radical (unpaired) electrons. The Morgan fingerprint density at radius 2 is 1.03 bits per heavy atom. The number of hydrogen-bond acceptors (Lipinski definition) is 17. The second-order valence-corrected chi connectivity index (χ2v) is 18.4. The molecule has 4 amide bonds. The van der Waals surface area contributed by atoms with Crippen molar-refractivity contribution in [2.75, 3.05) is 32.7 Å². The number of carbonyl (C=O) groups is 9. The molecule has 65 heavy (non-hydrogen) atoms. The van der Waals surface area contributed by atoms with Crippen LogP contribution in [0.1, 0.15) is 88.0 Å². The molecule has 0 saturated carbocycles. The number of amides is 4. The zero-order chi connectivity index (χ0) is 48.4. The summed E-state index contributed by atoms with van der Waals surface area (Å²) in [4.78, 5) is 137. The second-order valence-electron chi connectivity index (χ2n) is 18.4. The van der Waals surface area contributed by atoms with Gasteiger partial charge in [-0.2, -0.15) is 0 Å². The fourth-order valence-electron chi connectivity index (χ4n) is 7.90. The Balaban J connectivity index is 0.0000211. The van der Waals surface area contributed by atoms with Crippen LogP contribution < -0.4 is 32.3 Å². The molecule has 8 N–H and O–H groups in total. The maximum atomic E-state index is 15.2. The van der Waals surface area contributed by atoms with Crippen LogP contribution in [0, 0.1) is 23.7 Å². The van der Waals surface area contributed by atoms with E-state index in [0.29, 0.717) is 37.9 Å². The summed E-state index contributed by atoms with van der Waals surface area (Å²) in [6.07, 6.45) is -2.04. The topological polar surface area (TPSA) is 290 Å². The van der Waals surface area contributed by atoms with Gasteiger partial charge in [-0.3, -0.25) is 40.4 Å². The third kappa shape index (κ3) is 17.7. The molecular formula is C43H73N10O11Y-. The molecule has 0 aromatic rings. The Kier molecular flexibility index (Phi) is 27.1. The van der Waals surface area contributed by atoms with Crippen molar-refractivity contribution in [3.05, 3.63) is 0 Å². The van der Waals surface area contributed by atoms with Crippen LogP contribution in [0.2, 0.25) is 0 Å². The van der Waals surface area contributed by atoms with Crippen molar-refractivity contribution in [3.63, 3.8) is 0 Å². The van der Waals surface area contributed by atoms with Crippen LogP contribution in [0.3, 0.4) is 0 Å². The summed E-state index contributed by atoms with van der Waals surface area (Å²) >= 11 is 0. The summed E-state index contributed by atoms with van der Waals surface area (Å²) in [5.41, 5.74) is 6.07. The minimum atomic E-state index is -1.67. The van der Waals surface area contributed by atoms with E-state index in [9.17, 15) is 43.5 Å². The Labute approximate surface area is 408 Å². The quantitative estimate of drug-likeness (QED) is 0.0287. The molecule has 0 bridgehead atoms. The van der Waals surface area contributed by atoms with Gasteiger partial charge in [-0.05, 0) is 62.4 Å². The predicted octanol–water partition coefficient (Wildman–Crippen LogP) is -2.58. The molecule has 0 aromatic carbocycles. The summed E-state index contributed by atoms with van der Waals surface area (Å²) < 4.78 is 0. The number of aldehydes is 5. The van der Waals surface area contributed by atoms with Crippen LogP contribution in [0.4, 0.5) is 0 Å². The summed E-state index contributed by atoms with van der Waals surface area (Å²) in [6.45, 7) is 14.9. The number of aliphatic hydroxyl groups is 1. The zero-order valence-corrected chi connectivity index (χ0v) is 42.2. The van der Waals surface area contributed by atoms with Crippen LogP contribution in [0.15, 0.2) is 0 Å². The number of nitrogens with zero attached hydrogens (tertiary/aromatic N) is 4. The third-order valence-electron chi connectivity index (χ3n) is 11.0. The van der Waals surface area contributed by atoms with Gasteiger partial charge in [0.1, 0.15) is 31.4 Å². The van der Waals surface area contributed by atoms with E-state index in [4.69, 9.17) is 5.73 Å². The summed E-state index contributed by atoms with van der Waals surface area (Å²) in [5.74, 6) is -3.30. The van der Waals surface area contributed by atoms with E-state index in [1.54, 1.807) is 6.29 Å². The van der Waals surface area contributed by atoms with Crippen molar-refractivity contribution in [1.29, 1.82) is 0 Å². The van der Waals surface area contributed by atoms with Crippen molar-refractivity contribution >= 4 is 61.3 Å². The van der Waals surface area contributed by atoms with E-state index >= 15 is 9.59 Å². The molecule has 365 valence electrons. The molecule has 2 aliphatic heterocycles. The molecule has 22 heteroatoms. The Morgan fingerprint density at radius 1 is 0.631 bits per heavy atom. The number of aliphatic hydroxyl groups excluding tert-OH is 1. The van der Waals surface area contributed by atoms with Crippen LogP contribution in [-0.2, 0) is 80.7 Å². The smallest absolute Gasteiger partial charge is 0.262 e. The molecule has 2 aliphatic rings. The number of nitrogens with one attached hydrogen (secondary N) is 5. The van der Waals surface area contributed by atoms with Gasteiger partial charge in [-0.15, -0.1) is 0 Å². The molecular weight excluding hydrogens is 921 g/mol. The first-order valence-corrected chi connectivity index (χ1v) is 22.3. The van der Waals surface area contributed by atoms with Crippen molar-refractivity contribution in [1.82, 2.24) is 46.2 Å². The number of piperazine rings is 2. The summed E-state index contributed by atoms with van der Waals surface area (Å²) in [5, 5.41) is 24.7. The van der Waals surface area contributed by atoms with Crippen molar-refractivity contribution < 1.29 is 85.8 Å². The summed E-state index contributed by atoms with van der Waals surface area (Å²) in [6, 6.07) is -6.05. The fourth-order valence-corrected chi connectivity index (χ4v) is 7.90. The fraction of sp³-hybridized carbons (Fsp3) is 0.767. The minimum absolute atomic E-state index is 0. The molecule has 11 atom stereocenters. The largest absolute Gasteiger partial charge is 0.539 e. The minimum Gasteiger partial charge on any atom is -0.539 e. The average Bonchev–Trinajstić information content (AvgIpc) is 3.23. The summed E-state index contributed by atoms with van der Waals surface area (Å²) in [7, 11) is 0. The van der Waals surface area contributed by atoms with Crippen molar-refractivity contribution in [2.45, 2.75) is 155 Å². The molecule has 2 fully saturated rings. The first-order chi connectivity index (χ1) is 30.2. The molecule has 0 unspecified atom stereocenters. The van der Waals surface area contributed by atoms with E-state index in [1.807, 2.05) is 55.4 Å². The Bertz CT molecular complexity index is 1590. The third-order valence-corrected chi connectivity index (χ3v) is 11.0. The van der Waals surface area contributed by atoms with Crippen molar-refractivity contribution in [3.8, 4) is 0 Å². The van der Waals surface area contributed by atoms with Gasteiger partial charge in [0.15, 0.2) is 18.5 Å². The van der Waals surface area contributed by atoms with Crippen LogP contribution in [-0.4, -0.2) is 186 Å². The molecule has 2 rings (SSSR count). The van der Waals surface area contributed by atoms with Gasteiger partial charge in [0.2, 0.25) is 5.91 Å². The first-order valence-electron chi connectivity index (χ1n) is 22.3. The maximum absolute atomic E-state index is 15.2. The van der Waals surface area contributed by atoms with E-state index in [1.165, 1.54) is 11.8 Å². The monoisotopic (exact) mass is 994 g/mol. The number of carbonyl (C=O) groups excluding carboxylic acids is 10. The van der Waals surface area contributed by atoms with Gasteiger partial charge in [0.25, 0.3) is 17.7 Å². The van der Waals surface area contributed by atoms with Crippen LogP contribution >= 0.6 is 0 Å². The van der Waals surface area contributed by atoms with Gasteiger partial charge in [0, 0.05) is 65.4 Å². The van der Waals surface area contributed by atoms with Crippen LogP contribution in [0.25, 0.3) is 0 Å². The number of nitrogens with two attached hydrogens (primary N) is 1. The van der Waals surface area contributed by atoms with Gasteiger partial charge in [-0.1, -0.05) is 55.4 Å². The SMILES string of the molecule is CC(C)C[C@@H](C=O)N[C@H](CN)C(=O)N1CCN([C@@H](N[C@H](C=O)CC(C)C)C(=O)N2CCN([C@H]([C-]=O)N[C@H](C=O)[C@@H](C)O)C(=O)[C@@H]2N[C@H](C=O)CC(C)C)C(=O)[C@@H]1N[C@H](C=O)CC(C)C.[Y]. The van der Waals surface area contributed by atoms with Crippen molar-refractivity contribution in [2.24, 2.45) is 29.4 Å². The average molecular weight is 995 g/mol. The standard InChI is InChI=1S/C43H73N10O11.Y/c1-25(2)14-30(19-54)45-34(18-44)40(61)51-12-13-53(42(63)38(51)47-32(21-56)16-27(5)6)39(48-33(22-57)17-28(7)8)43(64)52-11-10-50(36(24-59)49-35(23-58)29(9)60)41(62)37(52)46-31(20-55)15-26(3)4;/h19-23,25-39,45-49,60H,10-18,44H2,1-9H3;/q-1;/t29-,30+,31+,32+,33+,34-,35-,36-,37-,38-,39-;/m1./s1. The second kappa shape index (κ2) is 29.5. The van der Waals surface area contributed by atoms with Gasteiger partial charge < -0.3 is 64.5 Å². The van der Waals surface area contributed by atoms with Gasteiger partial charge in [-0.25, -0.2) is 6.29 Å². The van der Waals surface area contributed by atoms with E-state index < -0.39 is 90.6 Å². The van der Waals surface area contributed by atoms with Gasteiger partial charge >= 0.3 is 0 Å². The Morgan fingerprint density at radius 3 is 1.42 bits per heavy atom. The number of hydrogen-bond donors (Lipinski definition) is 7. The van der Waals surface area contributed by atoms with E-state index in [0.717, 1.165) is 14.7 Å². The van der Waals surface area contributed by atoms with Crippen LogP contribution in [0.5, 0.6) is 0 Å². The van der Waals surface area contributed by atoms with E-state index in [-0.39, 0.29) is 108 Å². The normalized spacial score (nSPS) is 21.2. The molecule has 2 saturated heterocycles. The molecule has 0 aliphatic carbocycles. The zero-order valence-electron chi connectivity index (χ0n) is 39.4. The molecule has 21 nitrogen and oxygen atoms in total.